The Morgan fingerprint density at radius 3 is 3.00 bits per heavy atom. The molecule has 4 heteroatoms. The maximum atomic E-state index is 9.76. The lowest BCUT2D eigenvalue weighted by Gasteiger charge is -2.17. The molecule has 1 aromatic rings. The number of hydrogen-bond acceptors (Lipinski definition) is 4. The van der Waals surface area contributed by atoms with Crippen molar-refractivity contribution in [3.05, 3.63) is 17.5 Å². The number of rotatable bonds is 2. The van der Waals surface area contributed by atoms with E-state index in [1.54, 1.807) is 0 Å². The van der Waals surface area contributed by atoms with Gasteiger partial charge < -0.3 is 9.63 Å². The Balaban J connectivity index is 1.94. The lowest BCUT2D eigenvalue weighted by molar-refractivity contribution is 0.0667. The van der Waals surface area contributed by atoms with Crippen molar-refractivity contribution in [2.75, 3.05) is 13.1 Å². The first-order valence-corrected chi connectivity index (χ1v) is 4.92. The van der Waals surface area contributed by atoms with E-state index in [1.807, 2.05) is 19.9 Å². The molecule has 1 unspecified atom stereocenters. The van der Waals surface area contributed by atoms with E-state index in [4.69, 9.17) is 4.52 Å². The summed E-state index contributed by atoms with van der Waals surface area (Å²) in [6.07, 6.45) is 0.833. The quantitative estimate of drug-likeness (QED) is 0.764. The number of hydrogen-bond donors (Lipinski definition) is 1. The molecule has 1 N–H and O–H groups in total. The van der Waals surface area contributed by atoms with Crippen molar-refractivity contribution in [3.63, 3.8) is 0 Å². The molecule has 14 heavy (non-hydrogen) atoms. The standard InChI is InChI=1S/C10H16N2O2/c1-8-5-9(14-11-8)6-12-4-3-10(2,13)7-12/h5,13H,3-4,6-7H2,1-2H3. The minimum atomic E-state index is -0.533. The van der Waals surface area contributed by atoms with Gasteiger partial charge in [-0.1, -0.05) is 5.16 Å². The summed E-state index contributed by atoms with van der Waals surface area (Å²) in [7, 11) is 0. The van der Waals surface area contributed by atoms with E-state index in [0.29, 0.717) is 6.54 Å². The number of likely N-dealkylation sites (tertiary alicyclic amines) is 1. The predicted octanol–water partition coefficient (Wildman–Crippen LogP) is 0.940. The Morgan fingerprint density at radius 2 is 2.50 bits per heavy atom. The Bertz CT molecular complexity index is 320. The summed E-state index contributed by atoms with van der Waals surface area (Å²) in [6.45, 7) is 6.17. The van der Waals surface area contributed by atoms with Gasteiger partial charge in [0, 0.05) is 19.2 Å². The van der Waals surface area contributed by atoms with Gasteiger partial charge >= 0.3 is 0 Å². The molecule has 0 amide bonds. The van der Waals surface area contributed by atoms with Crippen LogP contribution in [0.15, 0.2) is 10.6 Å². The van der Waals surface area contributed by atoms with E-state index in [-0.39, 0.29) is 0 Å². The van der Waals surface area contributed by atoms with Crippen molar-refractivity contribution in [1.29, 1.82) is 0 Å². The summed E-state index contributed by atoms with van der Waals surface area (Å²) in [5, 5.41) is 13.6. The molecule has 1 fully saturated rings. The summed E-state index contributed by atoms with van der Waals surface area (Å²) in [5.74, 6) is 0.875. The fraction of sp³-hybridized carbons (Fsp3) is 0.700. The first-order valence-electron chi connectivity index (χ1n) is 4.92. The lowest BCUT2D eigenvalue weighted by atomic mass is 10.1. The predicted molar refractivity (Wildman–Crippen MR) is 51.8 cm³/mol. The highest BCUT2D eigenvalue weighted by atomic mass is 16.5. The molecule has 0 aliphatic carbocycles. The van der Waals surface area contributed by atoms with Crippen molar-refractivity contribution in [1.82, 2.24) is 10.1 Å². The van der Waals surface area contributed by atoms with Gasteiger partial charge in [-0.3, -0.25) is 4.90 Å². The normalized spacial score (nSPS) is 28.5. The van der Waals surface area contributed by atoms with Crippen LogP contribution in [-0.2, 0) is 6.54 Å². The summed E-state index contributed by atoms with van der Waals surface area (Å²) >= 11 is 0. The van der Waals surface area contributed by atoms with Crippen LogP contribution in [0.5, 0.6) is 0 Å². The van der Waals surface area contributed by atoms with Gasteiger partial charge in [0.2, 0.25) is 0 Å². The smallest absolute Gasteiger partial charge is 0.150 e. The van der Waals surface area contributed by atoms with Gasteiger partial charge in [0.1, 0.15) is 0 Å². The molecule has 1 saturated heterocycles. The Morgan fingerprint density at radius 1 is 1.71 bits per heavy atom. The zero-order valence-corrected chi connectivity index (χ0v) is 8.66. The molecular formula is C10H16N2O2. The number of nitrogens with zero attached hydrogens (tertiary/aromatic N) is 2. The summed E-state index contributed by atoms with van der Waals surface area (Å²) < 4.78 is 5.12. The van der Waals surface area contributed by atoms with E-state index in [1.165, 1.54) is 0 Å². The largest absolute Gasteiger partial charge is 0.389 e. The SMILES string of the molecule is Cc1cc(CN2CCC(C)(O)C2)on1. The molecule has 1 atom stereocenters. The molecule has 0 bridgehead atoms. The molecule has 0 saturated carbocycles. The number of β-amino-alcohol motifs (C(OH)–C–C–N with tert-alkyl or cyclic N) is 1. The average molecular weight is 196 g/mol. The van der Waals surface area contributed by atoms with Gasteiger partial charge in [-0.05, 0) is 20.3 Å². The van der Waals surface area contributed by atoms with Crippen LogP contribution in [0, 0.1) is 6.92 Å². The Hall–Kier alpha value is -0.870. The monoisotopic (exact) mass is 196 g/mol. The molecule has 78 valence electrons. The third-order valence-electron chi connectivity index (χ3n) is 2.59. The van der Waals surface area contributed by atoms with Crippen LogP contribution in [0.1, 0.15) is 24.8 Å². The zero-order valence-electron chi connectivity index (χ0n) is 8.66. The van der Waals surface area contributed by atoms with E-state index in [0.717, 1.165) is 31.0 Å². The number of aliphatic hydroxyl groups is 1. The van der Waals surface area contributed by atoms with Crippen LogP contribution in [0.2, 0.25) is 0 Å². The van der Waals surface area contributed by atoms with Crippen molar-refractivity contribution in [2.45, 2.75) is 32.4 Å². The van der Waals surface area contributed by atoms with E-state index < -0.39 is 5.60 Å². The minimum Gasteiger partial charge on any atom is -0.389 e. The molecule has 0 aromatic carbocycles. The molecule has 0 radical (unpaired) electrons. The molecule has 4 nitrogen and oxygen atoms in total. The Labute approximate surface area is 83.5 Å². The van der Waals surface area contributed by atoms with Crippen LogP contribution >= 0.6 is 0 Å². The second-order valence-electron chi connectivity index (χ2n) is 4.39. The molecule has 0 spiro atoms. The first-order chi connectivity index (χ1) is 6.55. The third-order valence-corrected chi connectivity index (χ3v) is 2.59. The maximum absolute atomic E-state index is 9.76. The van der Waals surface area contributed by atoms with Gasteiger partial charge in [-0.25, -0.2) is 0 Å². The molecule has 2 rings (SSSR count). The highest BCUT2D eigenvalue weighted by molar-refractivity contribution is 5.03. The lowest BCUT2D eigenvalue weighted by Crippen LogP contribution is -2.29. The van der Waals surface area contributed by atoms with Crippen LogP contribution in [0.25, 0.3) is 0 Å². The van der Waals surface area contributed by atoms with Crippen LogP contribution in [-0.4, -0.2) is 33.9 Å². The fourth-order valence-corrected chi connectivity index (χ4v) is 1.88. The molecule has 1 aromatic heterocycles. The number of aryl methyl sites for hydroxylation is 1. The maximum Gasteiger partial charge on any atom is 0.150 e. The summed E-state index contributed by atoms with van der Waals surface area (Å²) in [4.78, 5) is 2.18. The zero-order chi connectivity index (χ0) is 10.2. The van der Waals surface area contributed by atoms with Gasteiger partial charge in [0.25, 0.3) is 0 Å². The van der Waals surface area contributed by atoms with Gasteiger partial charge in [0.15, 0.2) is 5.76 Å². The summed E-state index contributed by atoms with van der Waals surface area (Å²) in [6, 6.07) is 1.94. The molecular weight excluding hydrogens is 180 g/mol. The Kier molecular flexibility index (Phi) is 2.33. The highest BCUT2D eigenvalue weighted by Crippen LogP contribution is 2.21. The van der Waals surface area contributed by atoms with Crippen molar-refractivity contribution in [2.24, 2.45) is 0 Å². The van der Waals surface area contributed by atoms with Crippen molar-refractivity contribution >= 4 is 0 Å². The summed E-state index contributed by atoms with van der Waals surface area (Å²) in [5.41, 5.74) is 0.376. The number of aromatic nitrogens is 1. The molecule has 1 aliphatic heterocycles. The molecule has 2 heterocycles. The first kappa shape index (κ1) is 9.68. The topological polar surface area (TPSA) is 49.5 Å². The average Bonchev–Trinajstić information content (AvgIpc) is 2.59. The van der Waals surface area contributed by atoms with E-state index in [2.05, 4.69) is 10.1 Å². The van der Waals surface area contributed by atoms with Crippen molar-refractivity contribution in [3.8, 4) is 0 Å². The van der Waals surface area contributed by atoms with Gasteiger partial charge in [0.05, 0.1) is 17.8 Å². The van der Waals surface area contributed by atoms with Crippen LogP contribution in [0.4, 0.5) is 0 Å². The second kappa shape index (κ2) is 3.37. The van der Waals surface area contributed by atoms with E-state index in [9.17, 15) is 5.11 Å². The van der Waals surface area contributed by atoms with Crippen LogP contribution < -0.4 is 0 Å². The van der Waals surface area contributed by atoms with E-state index >= 15 is 0 Å². The van der Waals surface area contributed by atoms with Gasteiger partial charge in [-0.15, -0.1) is 0 Å². The van der Waals surface area contributed by atoms with Gasteiger partial charge in [-0.2, -0.15) is 0 Å². The second-order valence-corrected chi connectivity index (χ2v) is 4.39. The minimum absolute atomic E-state index is 0.533. The third kappa shape index (κ3) is 2.13. The molecule has 1 aliphatic rings. The van der Waals surface area contributed by atoms with Crippen molar-refractivity contribution < 1.29 is 9.63 Å². The van der Waals surface area contributed by atoms with Crippen LogP contribution in [0.3, 0.4) is 0 Å². The fourth-order valence-electron chi connectivity index (χ4n) is 1.88. The highest BCUT2D eigenvalue weighted by Gasteiger charge is 2.31.